The number of carbonyl (C=O) groups excluding carboxylic acids is 1. The van der Waals surface area contributed by atoms with E-state index in [0.29, 0.717) is 6.42 Å². The molecule has 0 spiro atoms. The predicted octanol–water partition coefficient (Wildman–Crippen LogP) is 2.80. The lowest BCUT2D eigenvalue weighted by molar-refractivity contribution is -0.167. The van der Waals surface area contributed by atoms with E-state index in [-0.39, 0.29) is 11.7 Å². The summed E-state index contributed by atoms with van der Waals surface area (Å²) in [5.41, 5.74) is 0.594. The summed E-state index contributed by atoms with van der Waals surface area (Å²) in [5, 5.41) is 9.35. The molecule has 0 fully saturated rings. The largest absolute Gasteiger partial charge is 0.502 e. The van der Waals surface area contributed by atoms with E-state index >= 15 is 0 Å². The monoisotopic (exact) mass is 261 g/mol. The Balaban J connectivity index is 2.11. The van der Waals surface area contributed by atoms with Crippen LogP contribution < -0.4 is 0 Å². The first-order chi connectivity index (χ1) is 9.03. The molecule has 4 heteroatoms. The molecule has 0 aliphatic carbocycles. The number of hydrogen-bond donors (Lipinski definition) is 1. The van der Waals surface area contributed by atoms with Gasteiger partial charge in [0.1, 0.15) is 5.60 Å². The van der Waals surface area contributed by atoms with E-state index in [1.165, 1.54) is 0 Å². The number of pyridine rings is 1. The number of ether oxygens (including phenoxy) is 1. The van der Waals surface area contributed by atoms with Crippen molar-refractivity contribution in [1.82, 2.24) is 4.98 Å². The summed E-state index contributed by atoms with van der Waals surface area (Å²) < 4.78 is 5.49. The van der Waals surface area contributed by atoms with Crippen LogP contribution in [0.3, 0.4) is 0 Å². The number of esters is 1. The molecular weight excluding hydrogens is 242 g/mol. The molecule has 0 radical (unpaired) electrons. The van der Waals surface area contributed by atoms with Crippen molar-refractivity contribution >= 4 is 5.97 Å². The third-order valence-corrected chi connectivity index (χ3v) is 3.76. The summed E-state index contributed by atoms with van der Waals surface area (Å²) in [6.07, 6.45) is 7.21. The summed E-state index contributed by atoms with van der Waals surface area (Å²) in [5.74, 6) is -0.707. The molecule has 0 amide bonds. The van der Waals surface area contributed by atoms with E-state index in [2.05, 4.69) is 4.98 Å². The van der Waals surface area contributed by atoms with Gasteiger partial charge < -0.3 is 9.84 Å². The topological polar surface area (TPSA) is 59.4 Å². The number of rotatable bonds is 4. The van der Waals surface area contributed by atoms with Gasteiger partial charge in [0.2, 0.25) is 0 Å². The van der Waals surface area contributed by atoms with Crippen molar-refractivity contribution in [2.45, 2.75) is 38.7 Å². The quantitative estimate of drug-likeness (QED) is 0.847. The standard InChI is InChI=1S/C15H19NO3/c1-11(2)15(8-6-13(17)14(18)19-15)7-5-12-4-3-9-16-10-12/h3-4,6,9-11,17H,5,7-8H2,1-2H3. The lowest BCUT2D eigenvalue weighted by atomic mass is 9.80. The highest BCUT2D eigenvalue weighted by Gasteiger charge is 2.40. The van der Waals surface area contributed by atoms with E-state index in [0.717, 1.165) is 18.4 Å². The van der Waals surface area contributed by atoms with Crippen LogP contribution in [0.1, 0.15) is 32.3 Å². The zero-order chi connectivity index (χ0) is 13.9. The molecule has 0 saturated carbocycles. The minimum atomic E-state index is -0.619. The average molecular weight is 261 g/mol. The molecule has 1 aromatic rings. The van der Waals surface area contributed by atoms with E-state index in [1.54, 1.807) is 12.3 Å². The summed E-state index contributed by atoms with van der Waals surface area (Å²) in [4.78, 5) is 15.7. The molecule has 19 heavy (non-hydrogen) atoms. The maximum atomic E-state index is 11.6. The van der Waals surface area contributed by atoms with Crippen LogP contribution in [0.15, 0.2) is 36.4 Å². The van der Waals surface area contributed by atoms with Gasteiger partial charge in [0.05, 0.1) is 0 Å². The van der Waals surface area contributed by atoms with Crippen LogP contribution >= 0.6 is 0 Å². The molecule has 1 aromatic heterocycles. The molecule has 0 saturated heterocycles. The molecule has 1 unspecified atom stereocenters. The number of aryl methyl sites for hydroxylation is 1. The van der Waals surface area contributed by atoms with Crippen molar-refractivity contribution in [3.63, 3.8) is 0 Å². The summed E-state index contributed by atoms with van der Waals surface area (Å²) in [6, 6.07) is 3.91. The number of aromatic nitrogens is 1. The number of carbonyl (C=O) groups is 1. The van der Waals surface area contributed by atoms with Gasteiger partial charge in [-0.2, -0.15) is 0 Å². The zero-order valence-corrected chi connectivity index (χ0v) is 11.3. The normalized spacial score (nSPS) is 23.1. The minimum Gasteiger partial charge on any atom is -0.502 e. The Morgan fingerprint density at radius 1 is 1.53 bits per heavy atom. The lowest BCUT2D eigenvalue weighted by Crippen LogP contribution is -2.43. The van der Waals surface area contributed by atoms with Gasteiger partial charge in [-0.3, -0.25) is 4.98 Å². The molecule has 0 aromatic carbocycles. The fourth-order valence-electron chi connectivity index (χ4n) is 2.33. The molecule has 1 aliphatic rings. The van der Waals surface area contributed by atoms with Crippen LogP contribution in [0.2, 0.25) is 0 Å². The fraction of sp³-hybridized carbons (Fsp3) is 0.467. The van der Waals surface area contributed by atoms with E-state index in [1.807, 2.05) is 32.2 Å². The van der Waals surface area contributed by atoms with Crippen LogP contribution in [0.4, 0.5) is 0 Å². The van der Waals surface area contributed by atoms with Crippen molar-refractivity contribution in [3.05, 3.63) is 41.9 Å². The number of cyclic esters (lactones) is 1. The Bertz CT molecular complexity index is 481. The van der Waals surface area contributed by atoms with Gasteiger partial charge in [-0.1, -0.05) is 19.9 Å². The van der Waals surface area contributed by atoms with Crippen LogP contribution in [0, 0.1) is 5.92 Å². The Morgan fingerprint density at radius 3 is 2.89 bits per heavy atom. The van der Waals surface area contributed by atoms with E-state index in [4.69, 9.17) is 4.74 Å². The first-order valence-corrected chi connectivity index (χ1v) is 6.55. The van der Waals surface area contributed by atoms with Crippen molar-refractivity contribution in [2.24, 2.45) is 5.92 Å². The Kier molecular flexibility index (Phi) is 3.88. The molecular formula is C15H19NO3. The fourth-order valence-corrected chi connectivity index (χ4v) is 2.33. The molecule has 1 aliphatic heterocycles. The van der Waals surface area contributed by atoms with Gasteiger partial charge in [0.25, 0.3) is 0 Å². The molecule has 2 heterocycles. The summed E-state index contributed by atoms with van der Waals surface area (Å²) in [7, 11) is 0. The average Bonchev–Trinajstić information content (AvgIpc) is 2.41. The zero-order valence-electron chi connectivity index (χ0n) is 11.3. The van der Waals surface area contributed by atoms with Crippen molar-refractivity contribution in [3.8, 4) is 0 Å². The molecule has 0 bridgehead atoms. The van der Waals surface area contributed by atoms with Crippen molar-refractivity contribution in [1.29, 1.82) is 0 Å². The van der Waals surface area contributed by atoms with Crippen molar-refractivity contribution in [2.75, 3.05) is 0 Å². The third-order valence-electron chi connectivity index (χ3n) is 3.76. The van der Waals surface area contributed by atoms with Crippen LogP contribution in [-0.2, 0) is 16.0 Å². The van der Waals surface area contributed by atoms with E-state index in [9.17, 15) is 9.90 Å². The molecule has 102 valence electrons. The third kappa shape index (κ3) is 2.95. The van der Waals surface area contributed by atoms with Gasteiger partial charge in [0.15, 0.2) is 5.76 Å². The van der Waals surface area contributed by atoms with Gasteiger partial charge in [-0.15, -0.1) is 0 Å². The Morgan fingerprint density at radius 2 is 2.32 bits per heavy atom. The summed E-state index contributed by atoms with van der Waals surface area (Å²) >= 11 is 0. The lowest BCUT2D eigenvalue weighted by Gasteiger charge is -2.38. The highest BCUT2D eigenvalue weighted by Crippen LogP contribution is 2.35. The maximum absolute atomic E-state index is 11.6. The molecule has 2 rings (SSSR count). The number of hydrogen-bond acceptors (Lipinski definition) is 4. The van der Waals surface area contributed by atoms with Crippen LogP contribution in [-0.4, -0.2) is 21.7 Å². The smallest absolute Gasteiger partial charge is 0.373 e. The van der Waals surface area contributed by atoms with Gasteiger partial charge in [0, 0.05) is 18.8 Å². The van der Waals surface area contributed by atoms with Gasteiger partial charge in [-0.05, 0) is 36.5 Å². The number of aliphatic hydroxyl groups is 1. The minimum absolute atomic E-state index is 0.192. The highest BCUT2D eigenvalue weighted by molar-refractivity contribution is 5.86. The maximum Gasteiger partial charge on any atom is 0.373 e. The second-order valence-electron chi connectivity index (χ2n) is 5.26. The number of nitrogens with zero attached hydrogens (tertiary/aromatic N) is 1. The number of aliphatic hydroxyl groups excluding tert-OH is 1. The molecule has 1 atom stereocenters. The summed E-state index contributed by atoms with van der Waals surface area (Å²) in [6.45, 7) is 4.07. The Hall–Kier alpha value is -1.84. The highest BCUT2D eigenvalue weighted by atomic mass is 16.6. The second kappa shape index (κ2) is 5.43. The van der Waals surface area contributed by atoms with Gasteiger partial charge >= 0.3 is 5.97 Å². The predicted molar refractivity (Wildman–Crippen MR) is 71.5 cm³/mol. The van der Waals surface area contributed by atoms with Gasteiger partial charge in [-0.25, -0.2) is 4.79 Å². The Labute approximate surface area is 113 Å². The van der Waals surface area contributed by atoms with E-state index < -0.39 is 11.6 Å². The van der Waals surface area contributed by atoms with Crippen molar-refractivity contribution < 1.29 is 14.6 Å². The molecule has 1 N–H and O–H groups in total. The molecule has 4 nitrogen and oxygen atoms in total. The van der Waals surface area contributed by atoms with Crippen LogP contribution in [0.5, 0.6) is 0 Å². The first-order valence-electron chi connectivity index (χ1n) is 6.55. The second-order valence-corrected chi connectivity index (χ2v) is 5.26. The van der Waals surface area contributed by atoms with Crippen LogP contribution in [0.25, 0.3) is 0 Å². The SMILES string of the molecule is CC(C)C1(CCc2cccnc2)CC=C(O)C(=O)O1. The first kappa shape index (κ1) is 13.6.